The molecule has 3 atom stereocenters. The molecule has 3 aromatic rings. The molecule has 2 fully saturated rings. The van der Waals surface area contributed by atoms with Gasteiger partial charge in [-0.05, 0) is 92.1 Å². The number of ether oxygens (including phenoxy) is 3. The minimum atomic E-state index is -4.51. The van der Waals surface area contributed by atoms with Gasteiger partial charge in [0.15, 0.2) is 0 Å². The number of amides is 1. The number of benzene rings is 2. The molecule has 2 aromatic carbocycles. The van der Waals surface area contributed by atoms with E-state index >= 15 is 0 Å². The molecule has 0 saturated carbocycles. The molecule has 0 radical (unpaired) electrons. The number of esters is 1. The van der Waals surface area contributed by atoms with E-state index in [-0.39, 0.29) is 24.0 Å². The number of halogens is 3. The molecule has 45 heavy (non-hydrogen) atoms. The van der Waals surface area contributed by atoms with Gasteiger partial charge in [0, 0.05) is 24.2 Å². The van der Waals surface area contributed by atoms with Crippen LogP contribution in [0.4, 0.5) is 23.8 Å². The molecule has 1 amide bonds. The second kappa shape index (κ2) is 12.3. The average Bonchev–Trinajstić information content (AvgIpc) is 3.50. The molecular formula is C34H36F3N3O5. The summed E-state index contributed by atoms with van der Waals surface area (Å²) < 4.78 is 57.0. The molecule has 2 saturated heterocycles. The van der Waals surface area contributed by atoms with Crippen molar-refractivity contribution >= 4 is 17.9 Å². The summed E-state index contributed by atoms with van der Waals surface area (Å²) >= 11 is 0. The maximum atomic E-state index is 13.4. The third-order valence-electron chi connectivity index (χ3n) is 9.07. The first-order valence-electron chi connectivity index (χ1n) is 15.3. The van der Waals surface area contributed by atoms with Crippen LogP contribution in [0.25, 0.3) is 11.1 Å². The molecule has 1 unspecified atom stereocenters. The van der Waals surface area contributed by atoms with Crippen LogP contribution in [0.1, 0.15) is 73.1 Å². The zero-order chi connectivity index (χ0) is 31.9. The van der Waals surface area contributed by atoms with Crippen LogP contribution in [0.15, 0.2) is 48.5 Å². The fourth-order valence-corrected chi connectivity index (χ4v) is 6.52. The Labute approximate surface area is 260 Å². The van der Waals surface area contributed by atoms with Gasteiger partial charge in [0.2, 0.25) is 0 Å². The minimum Gasteiger partial charge on any atom is -0.496 e. The number of cyclic esters (lactones) is 1. The third-order valence-corrected chi connectivity index (χ3v) is 9.07. The lowest BCUT2D eigenvalue weighted by Gasteiger charge is -2.33. The lowest BCUT2D eigenvalue weighted by Crippen LogP contribution is -2.38. The van der Waals surface area contributed by atoms with E-state index in [9.17, 15) is 22.8 Å². The third kappa shape index (κ3) is 6.04. The number of hydrogen-bond acceptors (Lipinski definition) is 7. The van der Waals surface area contributed by atoms with Gasteiger partial charge in [0.1, 0.15) is 17.7 Å². The maximum Gasteiger partial charge on any atom is 0.416 e. The van der Waals surface area contributed by atoms with Crippen LogP contribution in [0.3, 0.4) is 0 Å². The monoisotopic (exact) mass is 623 g/mol. The second-order valence-electron chi connectivity index (χ2n) is 11.8. The molecule has 3 aliphatic rings. The molecule has 6 rings (SSSR count). The van der Waals surface area contributed by atoms with E-state index in [0.717, 1.165) is 72.6 Å². The average molecular weight is 624 g/mol. The number of rotatable bonds is 9. The van der Waals surface area contributed by atoms with Gasteiger partial charge >= 0.3 is 18.2 Å². The summed E-state index contributed by atoms with van der Waals surface area (Å²) in [5.74, 6) is 1.23. The summed E-state index contributed by atoms with van der Waals surface area (Å²) in [5, 5.41) is 0. The minimum absolute atomic E-state index is 0.0160. The van der Waals surface area contributed by atoms with Crippen molar-refractivity contribution in [1.29, 1.82) is 0 Å². The number of hydrogen-bond donors (Lipinski definition) is 0. The molecule has 3 heterocycles. The molecule has 0 bridgehead atoms. The van der Waals surface area contributed by atoms with Gasteiger partial charge in [-0.3, -0.25) is 9.69 Å². The Kier molecular flexibility index (Phi) is 8.37. The van der Waals surface area contributed by atoms with Crippen LogP contribution >= 0.6 is 0 Å². The molecule has 238 valence electrons. The van der Waals surface area contributed by atoms with Crippen LogP contribution in [0.5, 0.6) is 5.75 Å². The molecule has 11 heteroatoms. The molecular weight excluding hydrogens is 587 g/mol. The zero-order valence-electron chi connectivity index (χ0n) is 25.5. The summed E-state index contributed by atoms with van der Waals surface area (Å²) in [6, 6.07) is 12.4. The van der Waals surface area contributed by atoms with Gasteiger partial charge < -0.3 is 19.1 Å². The van der Waals surface area contributed by atoms with Gasteiger partial charge in [0.25, 0.3) is 0 Å². The Morgan fingerprint density at radius 2 is 1.91 bits per heavy atom. The summed E-state index contributed by atoms with van der Waals surface area (Å²) in [6.07, 6.45) is -3.01. The standard InChI is InChI=1S/C34H36F3N3O5/c1-4-44-31(41)17-22-10-9-21-16-29(43-3)27(18-26(21)22)25-11-12-30(39-13-6-14-39)38-28(25)19-40-20(2)32(45-33(40)42)23-7-5-8-24(15-23)34(35,36)37/h5,7-8,11-12,15-16,18,20,22,32H,4,6,9-10,13-14,17,19H2,1-3H3/t20-,22?,32-/m0/s1. The largest absolute Gasteiger partial charge is 0.496 e. The first-order chi connectivity index (χ1) is 21.6. The van der Waals surface area contributed by atoms with Crippen molar-refractivity contribution in [2.24, 2.45) is 0 Å². The van der Waals surface area contributed by atoms with Crippen LogP contribution in [0, 0.1) is 0 Å². The Morgan fingerprint density at radius 3 is 2.60 bits per heavy atom. The van der Waals surface area contributed by atoms with Crippen molar-refractivity contribution < 1.29 is 37.0 Å². The number of anilines is 1. The molecule has 8 nitrogen and oxygen atoms in total. The second-order valence-corrected chi connectivity index (χ2v) is 11.8. The van der Waals surface area contributed by atoms with Gasteiger partial charge in [-0.15, -0.1) is 0 Å². The summed E-state index contributed by atoms with van der Waals surface area (Å²) in [4.78, 5) is 34.3. The Balaban J connectivity index is 1.36. The number of pyridine rings is 1. The highest BCUT2D eigenvalue weighted by Crippen LogP contribution is 2.44. The number of methoxy groups -OCH3 is 1. The fraction of sp³-hybridized carbons (Fsp3) is 0.441. The van der Waals surface area contributed by atoms with Crippen molar-refractivity contribution in [3.05, 3.63) is 76.5 Å². The van der Waals surface area contributed by atoms with E-state index in [2.05, 4.69) is 11.0 Å². The van der Waals surface area contributed by atoms with E-state index in [1.54, 1.807) is 27.0 Å². The number of carbonyl (C=O) groups is 2. The van der Waals surface area contributed by atoms with Crippen LogP contribution < -0.4 is 9.64 Å². The molecule has 2 aliphatic heterocycles. The van der Waals surface area contributed by atoms with Crippen LogP contribution in [-0.4, -0.2) is 54.8 Å². The van der Waals surface area contributed by atoms with E-state index in [1.807, 2.05) is 18.2 Å². The van der Waals surface area contributed by atoms with Crippen LogP contribution in [0.2, 0.25) is 0 Å². The highest BCUT2D eigenvalue weighted by atomic mass is 19.4. The molecule has 0 N–H and O–H groups in total. The number of nitrogens with zero attached hydrogens (tertiary/aromatic N) is 3. The van der Waals surface area contributed by atoms with E-state index < -0.39 is 30.0 Å². The Morgan fingerprint density at radius 1 is 1.11 bits per heavy atom. The zero-order valence-corrected chi connectivity index (χ0v) is 25.5. The molecule has 1 aromatic heterocycles. The lowest BCUT2D eigenvalue weighted by atomic mass is 9.92. The summed E-state index contributed by atoms with van der Waals surface area (Å²) in [7, 11) is 1.61. The quantitative estimate of drug-likeness (QED) is 0.236. The van der Waals surface area contributed by atoms with Gasteiger partial charge in [-0.25, -0.2) is 9.78 Å². The SMILES string of the molecule is CCOC(=O)CC1CCc2cc(OC)c(-c3ccc(N4CCC4)nc3CN3C(=O)O[C@H](c4cccc(C(F)(F)F)c4)[C@@H]3C)cc21. The van der Waals surface area contributed by atoms with Crippen molar-refractivity contribution in [1.82, 2.24) is 9.88 Å². The van der Waals surface area contributed by atoms with E-state index in [4.69, 9.17) is 19.2 Å². The van der Waals surface area contributed by atoms with Gasteiger partial charge in [0.05, 0.1) is 44.0 Å². The van der Waals surface area contributed by atoms with Crippen molar-refractivity contribution in [3.8, 4) is 16.9 Å². The number of aromatic nitrogens is 1. The summed E-state index contributed by atoms with van der Waals surface area (Å²) in [5.41, 5.74) is 3.85. The maximum absolute atomic E-state index is 13.4. The van der Waals surface area contributed by atoms with Crippen molar-refractivity contribution in [2.75, 3.05) is 31.7 Å². The predicted octanol–water partition coefficient (Wildman–Crippen LogP) is 7.05. The lowest BCUT2D eigenvalue weighted by molar-refractivity contribution is -0.143. The van der Waals surface area contributed by atoms with Crippen molar-refractivity contribution in [3.63, 3.8) is 0 Å². The number of carbonyl (C=O) groups excluding carboxylic acids is 2. The topological polar surface area (TPSA) is 81.2 Å². The number of aryl methyl sites for hydroxylation is 1. The predicted molar refractivity (Wildman–Crippen MR) is 161 cm³/mol. The highest BCUT2D eigenvalue weighted by molar-refractivity contribution is 5.78. The fourth-order valence-electron chi connectivity index (χ4n) is 6.52. The van der Waals surface area contributed by atoms with E-state index in [1.165, 1.54) is 11.0 Å². The Bertz CT molecular complexity index is 1610. The number of fused-ring (bicyclic) bond motifs is 1. The Hall–Kier alpha value is -4.28. The van der Waals surface area contributed by atoms with Crippen molar-refractivity contribution in [2.45, 2.75) is 70.3 Å². The van der Waals surface area contributed by atoms with Gasteiger partial charge in [-0.2, -0.15) is 13.2 Å². The smallest absolute Gasteiger partial charge is 0.416 e. The highest BCUT2D eigenvalue weighted by Gasteiger charge is 2.41. The first kappa shape index (κ1) is 30.7. The first-order valence-corrected chi connectivity index (χ1v) is 15.3. The summed E-state index contributed by atoms with van der Waals surface area (Å²) in [6.45, 7) is 5.73. The number of alkyl halides is 3. The molecule has 1 aliphatic carbocycles. The molecule has 0 spiro atoms. The van der Waals surface area contributed by atoms with Crippen LogP contribution in [-0.2, 0) is 33.4 Å². The van der Waals surface area contributed by atoms with Gasteiger partial charge in [-0.1, -0.05) is 12.1 Å². The van der Waals surface area contributed by atoms with E-state index in [0.29, 0.717) is 24.5 Å². The normalized spacial score (nSPS) is 20.9.